The molecule has 0 radical (unpaired) electrons. The van der Waals surface area contributed by atoms with Crippen LogP contribution in [-0.4, -0.2) is 19.8 Å². The van der Waals surface area contributed by atoms with Crippen LogP contribution in [0, 0.1) is 6.92 Å². The van der Waals surface area contributed by atoms with Crippen molar-refractivity contribution in [1.29, 1.82) is 0 Å². The Kier molecular flexibility index (Phi) is 3.19. The van der Waals surface area contributed by atoms with Crippen LogP contribution in [0.2, 0.25) is 0 Å². The highest BCUT2D eigenvalue weighted by molar-refractivity contribution is 7.16. The molecule has 0 aliphatic carbocycles. The molecule has 0 fully saturated rings. The van der Waals surface area contributed by atoms with Crippen LogP contribution in [-0.2, 0) is 12.8 Å². The fourth-order valence-corrected chi connectivity index (χ4v) is 2.76. The minimum absolute atomic E-state index is 0.207. The summed E-state index contributed by atoms with van der Waals surface area (Å²) in [7, 11) is 0. The third-order valence-electron chi connectivity index (χ3n) is 2.97. The smallest absolute Gasteiger partial charge is 0.296 e. The van der Waals surface area contributed by atoms with E-state index in [-0.39, 0.29) is 5.56 Å². The summed E-state index contributed by atoms with van der Waals surface area (Å²) in [4.78, 5) is 12.4. The fourth-order valence-electron chi connectivity index (χ4n) is 1.93. The Labute approximate surface area is 118 Å². The first-order valence-electron chi connectivity index (χ1n) is 6.20. The molecule has 0 aliphatic rings. The summed E-state index contributed by atoms with van der Waals surface area (Å²) in [6.45, 7) is 1.63. The molecule has 20 heavy (non-hydrogen) atoms. The second-order valence-electron chi connectivity index (χ2n) is 4.53. The number of rotatable bonds is 3. The summed E-state index contributed by atoms with van der Waals surface area (Å²) in [5, 5.41) is 13.0. The number of benzene rings is 1. The largest absolute Gasteiger partial charge is 0.399 e. The number of aromatic nitrogens is 4. The molecule has 0 saturated heterocycles. The maximum atomic E-state index is 11.8. The molecule has 1 aromatic carbocycles. The van der Waals surface area contributed by atoms with Crippen LogP contribution in [0.1, 0.15) is 16.3 Å². The number of hydrogen-bond acceptors (Lipinski definition) is 6. The molecule has 3 aromatic rings. The average Bonchev–Trinajstić information content (AvgIpc) is 2.85. The van der Waals surface area contributed by atoms with E-state index in [2.05, 4.69) is 15.3 Å². The molecular formula is C13H13N5OS. The molecule has 3 rings (SSSR count). The summed E-state index contributed by atoms with van der Waals surface area (Å²) >= 11 is 1.39. The standard InChI is InChI=1S/C13H13N5OS/c1-8-12(19)18-13(16-15-8)20-11(17-18)6-5-9-3-2-4-10(14)7-9/h2-4,7H,5-6,14H2,1H3. The lowest BCUT2D eigenvalue weighted by Gasteiger charge is -1.99. The lowest BCUT2D eigenvalue weighted by molar-refractivity contribution is 0.795. The monoisotopic (exact) mass is 287 g/mol. The van der Waals surface area contributed by atoms with Crippen molar-refractivity contribution in [1.82, 2.24) is 19.8 Å². The summed E-state index contributed by atoms with van der Waals surface area (Å²) in [5.74, 6) is 0. The topological polar surface area (TPSA) is 86.2 Å². The highest BCUT2D eigenvalue weighted by atomic mass is 32.1. The first-order valence-corrected chi connectivity index (χ1v) is 7.01. The van der Waals surface area contributed by atoms with E-state index in [0.717, 1.165) is 29.1 Å². The molecule has 0 amide bonds. The van der Waals surface area contributed by atoms with Crippen LogP contribution in [0.5, 0.6) is 0 Å². The molecule has 0 atom stereocenters. The van der Waals surface area contributed by atoms with Crippen LogP contribution < -0.4 is 11.3 Å². The van der Waals surface area contributed by atoms with E-state index in [1.807, 2.05) is 24.3 Å². The number of fused-ring (bicyclic) bond motifs is 1. The lowest BCUT2D eigenvalue weighted by Crippen LogP contribution is -2.19. The Morgan fingerprint density at radius 2 is 2.15 bits per heavy atom. The SMILES string of the molecule is Cc1nnc2sc(CCc3cccc(N)c3)nn2c1=O. The molecule has 2 aromatic heterocycles. The second-order valence-corrected chi connectivity index (χ2v) is 5.57. The van der Waals surface area contributed by atoms with Gasteiger partial charge in [0.25, 0.3) is 5.56 Å². The van der Waals surface area contributed by atoms with Crippen LogP contribution in [0.4, 0.5) is 5.69 Å². The van der Waals surface area contributed by atoms with Gasteiger partial charge in [-0.25, -0.2) is 0 Å². The van der Waals surface area contributed by atoms with Crippen LogP contribution >= 0.6 is 11.3 Å². The number of nitrogens with zero attached hydrogens (tertiary/aromatic N) is 4. The van der Waals surface area contributed by atoms with Gasteiger partial charge in [0, 0.05) is 12.1 Å². The second kappa shape index (κ2) is 5.01. The van der Waals surface area contributed by atoms with Crippen LogP contribution in [0.25, 0.3) is 4.96 Å². The molecular weight excluding hydrogens is 274 g/mol. The van der Waals surface area contributed by atoms with Gasteiger partial charge in [0.05, 0.1) is 0 Å². The first kappa shape index (κ1) is 12.7. The maximum absolute atomic E-state index is 11.8. The number of nitrogen functional groups attached to an aromatic ring is 1. The third-order valence-corrected chi connectivity index (χ3v) is 3.93. The van der Waals surface area contributed by atoms with Gasteiger partial charge in [-0.3, -0.25) is 4.79 Å². The van der Waals surface area contributed by atoms with E-state index in [1.165, 1.54) is 15.9 Å². The van der Waals surface area contributed by atoms with Gasteiger partial charge in [0.2, 0.25) is 4.96 Å². The van der Waals surface area contributed by atoms with Crippen molar-refractivity contribution >= 4 is 22.0 Å². The predicted molar refractivity (Wildman–Crippen MR) is 77.9 cm³/mol. The normalized spacial score (nSPS) is 11.1. The molecule has 0 aliphatic heterocycles. The Morgan fingerprint density at radius 1 is 1.30 bits per heavy atom. The van der Waals surface area contributed by atoms with Crippen molar-refractivity contribution in [2.45, 2.75) is 19.8 Å². The van der Waals surface area contributed by atoms with E-state index in [0.29, 0.717) is 10.7 Å². The quantitative estimate of drug-likeness (QED) is 0.732. The molecule has 0 saturated carbocycles. The molecule has 0 spiro atoms. The van der Waals surface area contributed by atoms with Crippen molar-refractivity contribution in [3.63, 3.8) is 0 Å². The maximum Gasteiger partial charge on any atom is 0.296 e. The van der Waals surface area contributed by atoms with E-state index in [4.69, 9.17) is 5.73 Å². The Morgan fingerprint density at radius 3 is 2.95 bits per heavy atom. The summed E-state index contributed by atoms with van der Waals surface area (Å²) in [5.41, 5.74) is 7.80. The van der Waals surface area contributed by atoms with Gasteiger partial charge in [-0.2, -0.15) is 9.61 Å². The molecule has 0 bridgehead atoms. The lowest BCUT2D eigenvalue weighted by atomic mass is 10.1. The molecule has 7 heteroatoms. The van der Waals surface area contributed by atoms with Crippen molar-refractivity contribution in [2.24, 2.45) is 0 Å². The van der Waals surface area contributed by atoms with E-state index < -0.39 is 0 Å². The van der Waals surface area contributed by atoms with Crippen molar-refractivity contribution in [2.75, 3.05) is 5.73 Å². The minimum atomic E-state index is -0.207. The van der Waals surface area contributed by atoms with Gasteiger partial charge < -0.3 is 5.73 Å². The van der Waals surface area contributed by atoms with Gasteiger partial charge in [0.15, 0.2) is 0 Å². The highest BCUT2D eigenvalue weighted by Crippen LogP contribution is 2.14. The Balaban J connectivity index is 1.85. The summed E-state index contributed by atoms with van der Waals surface area (Å²) < 4.78 is 1.32. The summed E-state index contributed by atoms with van der Waals surface area (Å²) in [6, 6.07) is 7.77. The molecule has 2 N–H and O–H groups in total. The molecule has 6 nitrogen and oxygen atoms in total. The van der Waals surface area contributed by atoms with Gasteiger partial charge in [-0.1, -0.05) is 23.5 Å². The van der Waals surface area contributed by atoms with E-state index >= 15 is 0 Å². The van der Waals surface area contributed by atoms with Gasteiger partial charge in [-0.15, -0.1) is 10.2 Å². The first-order chi connectivity index (χ1) is 9.63. The molecule has 2 heterocycles. The summed E-state index contributed by atoms with van der Waals surface area (Å²) in [6.07, 6.45) is 1.57. The molecule has 102 valence electrons. The predicted octanol–water partition coefficient (Wildman–Crippen LogP) is 1.22. The highest BCUT2D eigenvalue weighted by Gasteiger charge is 2.09. The number of aryl methyl sites for hydroxylation is 3. The zero-order valence-corrected chi connectivity index (χ0v) is 11.7. The van der Waals surface area contributed by atoms with Crippen molar-refractivity contribution in [3.05, 3.63) is 50.9 Å². The van der Waals surface area contributed by atoms with E-state index in [1.54, 1.807) is 6.92 Å². The van der Waals surface area contributed by atoms with E-state index in [9.17, 15) is 4.79 Å². The zero-order valence-electron chi connectivity index (χ0n) is 10.9. The molecule has 0 unspecified atom stereocenters. The van der Waals surface area contributed by atoms with Crippen LogP contribution in [0.3, 0.4) is 0 Å². The number of nitrogens with two attached hydrogens (primary N) is 1. The average molecular weight is 287 g/mol. The van der Waals surface area contributed by atoms with Crippen molar-refractivity contribution < 1.29 is 0 Å². The van der Waals surface area contributed by atoms with Crippen molar-refractivity contribution in [3.8, 4) is 0 Å². The fraction of sp³-hybridized carbons (Fsp3) is 0.231. The zero-order chi connectivity index (χ0) is 14.1. The van der Waals surface area contributed by atoms with Gasteiger partial charge >= 0.3 is 0 Å². The van der Waals surface area contributed by atoms with Crippen LogP contribution in [0.15, 0.2) is 29.1 Å². The van der Waals surface area contributed by atoms with Gasteiger partial charge in [0.1, 0.15) is 10.7 Å². The Hall–Kier alpha value is -2.28. The minimum Gasteiger partial charge on any atom is -0.399 e. The Bertz CT molecular complexity index is 823. The van der Waals surface area contributed by atoms with Gasteiger partial charge in [-0.05, 0) is 31.0 Å². The third kappa shape index (κ3) is 2.39. The number of anilines is 1. The number of hydrogen-bond donors (Lipinski definition) is 1.